The van der Waals surface area contributed by atoms with Crippen LogP contribution in [0.15, 0.2) is 34.5 Å². The SMILES string of the molecule is N#Cc1ccc(Cl)c(S(=O)(=O)N2CCc3sccc3C2)c1. The summed E-state index contributed by atoms with van der Waals surface area (Å²) in [5.74, 6) is 0. The van der Waals surface area contributed by atoms with Crippen LogP contribution in [0.5, 0.6) is 0 Å². The van der Waals surface area contributed by atoms with Gasteiger partial charge in [-0.15, -0.1) is 11.3 Å². The van der Waals surface area contributed by atoms with Gasteiger partial charge in [-0.2, -0.15) is 9.57 Å². The minimum absolute atomic E-state index is 0.00176. The molecule has 0 fully saturated rings. The molecule has 1 aliphatic heterocycles. The molecule has 0 N–H and O–H groups in total. The molecular formula is C14H11ClN2O2S2. The number of halogens is 1. The molecule has 0 aliphatic carbocycles. The monoisotopic (exact) mass is 338 g/mol. The van der Waals surface area contributed by atoms with Gasteiger partial charge in [-0.25, -0.2) is 8.42 Å². The van der Waals surface area contributed by atoms with Crippen molar-refractivity contribution in [3.8, 4) is 6.07 Å². The van der Waals surface area contributed by atoms with Crippen LogP contribution >= 0.6 is 22.9 Å². The maximum atomic E-state index is 12.7. The van der Waals surface area contributed by atoms with Gasteiger partial charge in [0.2, 0.25) is 10.0 Å². The molecule has 0 amide bonds. The van der Waals surface area contributed by atoms with Crippen LogP contribution in [0.25, 0.3) is 0 Å². The first kappa shape index (κ1) is 14.5. The number of hydrogen-bond donors (Lipinski definition) is 0. The molecule has 1 aromatic heterocycles. The second-order valence-corrected chi connectivity index (χ2v) is 8.03. The topological polar surface area (TPSA) is 61.2 Å². The number of sulfonamides is 1. The van der Waals surface area contributed by atoms with Crippen molar-refractivity contribution in [1.29, 1.82) is 5.26 Å². The smallest absolute Gasteiger partial charge is 0.207 e. The number of thiophene rings is 1. The lowest BCUT2D eigenvalue weighted by Gasteiger charge is -2.26. The second kappa shape index (κ2) is 5.43. The third-order valence-electron chi connectivity index (χ3n) is 3.45. The minimum Gasteiger partial charge on any atom is -0.207 e. The zero-order valence-electron chi connectivity index (χ0n) is 10.9. The van der Waals surface area contributed by atoms with Crippen molar-refractivity contribution >= 4 is 33.0 Å². The number of nitriles is 1. The quantitative estimate of drug-likeness (QED) is 0.845. The predicted octanol–water partition coefficient (Wildman–Crippen LogP) is 3.02. The van der Waals surface area contributed by atoms with Gasteiger partial charge in [0.15, 0.2) is 0 Å². The van der Waals surface area contributed by atoms with E-state index >= 15 is 0 Å². The van der Waals surface area contributed by atoms with Gasteiger partial charge in [0.05, 0.1) is 16.7 Å². The number of nitrogens with zero attached hydrogens (tertiary/aromatic N) is 2. The molecule has 7 heteroatoms. The second-order valence-electron chi connectivity index (χ2n) is 4.71. The van der Waals surface area contributed by atoms with E-state index in [-0.39, 0.29) is 15.5 Å². The summed E-state index contributed by atoms with van der Waals surface area (Å²) in [6, 6.07) is 8.19. The Bertz CT molecular complexity index is 837. The summed E-state index contributed by atoms with van der Waals surface area (Å²) in [5, 5.41) is 11.1. The molecule has 4 nitrogen and oxygen atoms in total. The van der Waals surface area contributed by atoms with E-state index in [4.69, 9.17) is 16.9 Å². The van der Waals surface area contributed by atoms with E-state index in [9.17, 15) is 8.42 Å². The third kappa shape index (κ3) is 2.58. The van der Waals surface area contributed by atoms with Gasteiger partial charge in [0.25, 0.3) is 0 Å². The van der Waals surface area contributed by atoms with Gasteiger partial charge in [0, 0.05) is 18.0 Å². The Morgan fingerprint density at radius 2 is 2.14 bits per heavy atom. The lowest BCUT2D eigenvalue weighted by atomic mass is 10.1. The lowest BCUT2D eigenvalue weighted by Crippen LogP contribution is -2.35. The van der Waals surface area contributed by atoms with Crippen LogP contribution in [0.2, 0.25) is 5.02 Å². The molecule has 1 aromatic carbocycles. The van der Waals surface area contributed by atoms with Gasteiger partial charge in [-0.3, -0.25) is 0 Å². The molecule has 21 heavy (non-hydrogen) atoms. The largest absolute Gasteiger partial charge is 0.244 e. The van der Waals surface area contributed by atoms with E-state index in [1.54, 1.807) is 11.3 Å². The van der Waals surface area contributed by atoms with Gasteiger partial charge in [0.1, 0.15) is 4.90 Å². The summed E-state index contributed by atoms with van der Waals surface area (Å²) in [6.07, 6.45) is 0.710. The number of fused-ring (bicyclic) bond motifs is 1. The van der Waals surface area contributed by atoms with Crippen LogP contribution in [0, 0.1) is 11.3 Å². The molecular weight excluding hydrogens is 328 g/mol. The fraction of sp³-hybridized carbons (Fsp3) is 0.214. The molecule has 0 radical (unpaired) electrons. The highest BCUT2D eigenvalue weighted by atomic mass is 35.5. The summed E-state index contributed by atoms with van der Waals surface area (Å²) in [5.41, 5.74) is 1.33. The van der Waals surface area contributed by atoms with Crippen LogP contribution in [-0.2, 0) is 23.0 Å². The molecule has 0 bridgehead atoms. The summed E-state index contributed by atoms with van der Waals surface area (Å²) in [6.45, 7) is 0.789. The highest BCUT2D eigenvalue weighted by Gasteiger charge is 2.30. The average molecular weight is 339 g/mol. The van der Waals surface area contributed by atoms with Crippen LogP contribution in [-0.4, -0.2) is 19.3 Å². The Morgan fingerprint density at radius 3 is 2.90 bits per heavy atom. The standard InChI is InChI=1S/C14H11ClN2O2S2/c15-12-2-1-10(8-16)7-14(12)21(18,19)17-5-3-13-11(9-17)4-6-20-13/h1-2,4,6-7H,3,5,9H2. The van der Waals surface area contributed by atoms with Gasteiger partial charge in [-0.1, -0.05) is 11.6 Å². The van der Waals surface area contributed by atoms with E-state index in [2.05, 4.69) is 0 Å². The van der Waals surface area contributed by atoms with Crippen molar-refractivity contribution in [2.75, 3.05) is 6.54 Å². The first-order valence-corrected chi connectivity index (χ1v) is 8.97. The van der Waals surface area contributed by atoms with Crippen molar-refractivity contribution in [3.63, 3.8) is 0 Å². The van der Waals surface area contributed by atoms with Crippen molar-refractivity contribution < 1.29 is 8.42 Å². The first-order chi connectivity index (χ1) is 10.0. The van der Waals surface area contributed by atoms with Crippen LogP contribution in [0.1, 0.15) is 16.0 Å². The van der Waals surface area contributed by atoms with Crippen molar-refractivity contribution in [2.45, 2.75) is 17.9 Å². The Hall–Kier alpha value is -1.39. The number of benzene rings is 1. The van der Waals surface area contributed by atoms with Crippen LogP contribution in [0.3, 0.4) is 0 Å². The number of hydrogen-bond acceptors (Lipinski definition) is 4. The van der Waals surface area contributed by atoms with Gasteiger partial charge >= 0.3 is 0 Å². The Balaban J connectivity index is 2.01. The Kier molecular flexibility index (Phi) is 3.76. The Labute approximate surface area is 132 Å². The summed E-state index contributed by atoms with van der Waals surface area (Å²) in [7, 11) is -3.69. The highest BCUT2D eigenvalue weighted by molar-refractivity contribution is 7.89. The molecule has 2 aromatic rings. The third-order valence-corrected chi connectivity index (χ3v) is 6.80. The molecule has 2 heterocycles. The predicted molar refractivity (Wildman–Crippen MR) is 81.8 cm³/mol. The molecule has 108 valence electrons. The van der Waals surface area contributed by atoms with E-state index < -0.39 is 10.0 Å². The molecule has 0 saturated heterocycles. The Morgan fingerprint density at radius 1 is 1.33 bits per heavy atom. The lowest BCUT2D eigenvalue weighted by molar-refractivity contribution is 0.394. The van der Waals surface area contributed by atoms with E-state index in [0.29, 0.717) is 19.5 Å². The van der Waals surface area contributed by atoms with Crippen molar-refractivity contribution in [3.05, 3.63) is 50.7 Å². The summed E-state index contributed by atoms with van der Waals surface area (Å²) >= 11 is 7.68. The molecule has 3 rings (SSSR count). The molecule has 1 aliphatic rings. The van der Waals surface area contributed by atoms with Crippen LogP contribution < -0.4 is 0 Å². The number of rotatable bonds is 2. The minimum atomic E-state index is -3.69. The van der Waals surface area contributed by atoms with E-state index in [1.165, 1.54) is 27.4 Å². The zero-order valence-corrected chi connectivity index (χ0v) is 13.3. The van der Waals surface area contributed by atoms with Crippen molar-refractivity contribution in [1.82, 2.24) is 4.31 Å². The van der Waals surface area contributed by atoms with E-state index in [1.807, 2.05) is 17.5 Å². The molecule has 0 spiro atoms. The van der Waals surface area contributed by atoms with Gasteiger partial charge in [-0.05, 0) is 41.6 Å². The van der Waals surface area contributed by atoms with Crippen LogP contribution in [0.4, 0.5) is 0 Å². The maximum absolute atomic E-state index is 12.7. The normalized spacial score (nSPS) is 15.4. The molecule has 0 unspecified atom stereocenters. The van der Waals surface area contributed by atoms with Crippen molar-refractivity contribution in [2.24, 2.45) is 0 Å². The fourth-order valence-electron chi connectivity index (χ4n) is 2.34. The molecule has 0 atom stereocenters. The highest BCUT2D eigenvalue weighted by Crippen LogP contribution is 2.31. The maximum Gasteiger partial charge on any atom is 0.244 e. The summed E-state index contributed by atoms with van der Waals surface area (Å²) < 4.78 is 26.9. The fourth-order valence-corrected chi connectivity index (χ4v) is 5.15. The first-order valence-electron chi connectivity index (χ1n) is 6.27. The zero-order chi connectivity index (χ0) is 15.0. The van der Waals surface area contributed by atoms with E-state index in [0.717, 1.165) is 5.56 Å². The molecule has 0 saturated carbocycles. The summed E-state index contributed by atoms with van der Waals surface area (Å²) in [4.78, 5) is 1.24. The van der Waals surface area contributed by atoms with Gasteiger partial charge < -0.3 is 0 Å². The average Bonchev–Trinajstić information content (AvgIpc) is 2.95.